The number of esters is 1. The van der Waals surface area contributed by atoms with Crippen LogP contribution in [0.4, 0.5) is 0 Å². The number of carbonyl (C=O) groups excluding carboxylic acids is 2. The topological polar surface area (TPSA) is 52.6 Å². The van der Waals surface area contributed by atoms with E-state index < -0.39 is 5.97 Å². The Kier molecular flexibility index (Phi) is 11.1. The van der Waals surface area contributed by atoms with Gasteiger partial charge >= 0.3 is 5.97 Å². The fourth-order valence-electron chi connectivity index (χ4n) is 1.35. The lowest BCUT2D eigenvalue weighted by Crippen LogP contribution is -2.16. The zero-order chi connectivity index (χ0) is 17.0. The van der Waals surface area contributed by atoms with Gasteiger partial charge in [0.15, 0.2) is 5.78 Å². The minimum absolute atomic E-state index is 0.0378. The third kappa shape index (κ3) is 7.96. The summed E-state index contributed by atoms with van der Waals surface area (Å²) >= 11 is 5.98. The molecule has 0 aliphatic rings. The van der Waals surface area contributed by atoms with Gasteiger partial charge in [-0.2, -0.15) is 0 Å². The molecular weight excluding hydrogens is 304 g/mol. The first kappa shape index (κ1) is 20.3. The van der Waals surface area contributed by atoms with E-state index in [1.165, 1.54) is 26.5 Å². The minimum Gasteiger partial charge on any atom is -0.460 e. The van der Waals surface area contributed by atoms with Crippen molar-refractivity contribution in [3.05, 3.63) is 40.4 Å². The molecule has 0 fully saturated rings. The highest BCUT2D eigenvalue weighted by Gasteiger charge is 2.16. The molecule has 0 unspecified atom stereocenters. The first-order valence-electron chi connectivity index (χ1n) is 7.11. The minimum atomic E-state index is -0.676. The van der Waals surface area contributed by atoms with Crippen LogP contribution in [-0.2, 0) is 19.1 Å². The maximum Gasteiger partial charge on any atom is 0.341 e. The Morgan fingerprint density at radius 2 is 1.77 bits per heavy atom. The van der Waals surface area contributed by atoms with Gasteiger partial charge in [0.05, 0.1) is 6.61 Å². The number of halogens is 1. The molecule has 122 valence electrons. The molecule has 0 saturated heterocycles. The summed E-state index contributed by atoms with van der Waals surface area (Å²) in [5, 5.41) is 0.464. The summed E-state index contributed by atoms with van der Waals surface area (Å²) in [6.45, 7) is 5.94. The second-order valence-corrected chi connectivity index (χ2v) is 4.88. The molecule has 0 atom stereocenters. The molecule has 5 heteroatoms. The summed E-state index contributed by atoms with van der Waals surface area (Å²) in [7, 11) is 1.50. The highest BCUT2D eigenvalue weighted by atomic mass is 35.5. The first-order chi connectivity index (χ1) is 10.5. The van der Waals surface area contributed by atoms with Gasteiger partial charge in [-0.25, -0.2) is 4.79 Å². The van der Waals surface area contributed by atoms with E-state index in [4.69, 9.17) is 21.1 Å². The Hall–Kier alpha value is -1.65. The average Bonchev–Trinajstić information content (AvgIpc) is 2.47. The molecule has 1 rings (SSSR count). The molecule has 0 aliphatic heterocycles. The maximum absolute atomic E-state index is 11.8. The van der Waals surface area contributed by atoms with E-state index in [9.17, 15) is 9.59 Å². The normalized spacial score (nSPS) is 10.5. The molecule has 0 spiro atoms. The molecule has 0 amide bonds. The van der Waals surface area contributed by atoms with Crippen LogP contribution in [0.3, 0.4) is 0 Å². The molecule has 0 radical (unpaired) electrons. The molecule has 22 heavy (non-hydrogen) atoms. The van der Waals surface area contributed by atoms with Crippen molar-refractivity contribution in [1.29, 1.82) is 0 Å². The fraction of sp³-hybridized carbons (Fsp3) is 0.412. The van der Waals surface area contributed by atoms with Crippen LogP contribution >= 0.6 is 11.6 Å². The van der Waals surface area contributed by atoms with Crippen molar-refractivity contribution < 1.29 is 19.1 Å². The lowest BCUT2D eigenvalue weighted by Gasteiger charge is -2.06. The number of Topliss-reactive ketones (excluding diaryl/α,β-unsaturated/α-hetero) is 1. The SMILES string of the molecule is CCC.COCCOC(=O)/C(=C/c1ccccc1Cl)C(C)=O. The van der Waals surface area contributed by atoms with E-state index in [-0.39, 0.29) is 24.6 Å². The zero-order valence-corrected chi connectivity index (χ0v) is 14.3. The quantitative estimate of drug-likeness (QED) is 0.261. The Labute approximate surface area is 137 Å². The van der Waals surface area contributed by atoms with Crippen LogP contribution in [0.1, 0.15) is 32.8 Å². The van der Waals surface area contributed by atoms with Gasteiger partial charge in [0.1, 0.15) is 12.2 Å². The number of rotatable bonds is 6. The highest BCUT2D eigenvalue weighted by molar-refractivity contribution is 6.32. The van der Waals surface area contributed by atoms with Crippen molar-refractivity contribution in [3.63, 3.8) is 0 Å². The van der Waals surface area contributed by atoms with Crippen molar-refractivity contribution >= 4 is 29.4 Å². The average molecular weight is 327 g/mol. The maximum atomic E-state index is 11.8. The molecule has 4 nitrogen and oxygen atoms in total. The second-order valence-electron chi connectivity index (χ2n) is 4.47. The van der Waals surface area contributed by atoms with Crippen LogP contribution in [0.5, 0.6) is 0 Å². The molecule has 0 saturated carbocycles. The van der Waals surface area contributed by atoms with Crippen molar-refractivity contribution in [1.82, 2.24) is 0 Å². The van der Waals surface area contributed by atoms with E-state index in [0.717, 1.165) is 0 Å². The zero-order valence-electron chi connectivity index (χ0n) is 13.5. The Balaban J connectivity index is 0.00000135. The van der Waals surface area contributed by atoms with Gasteiger partial charge in [-0.05, 0) is 24.6 Å². The molecule has 0 heterocycles. The smallest absolute Gasteiger partial charge is 0.341 e. The Morgan fingerprint density at radius 3 is 2.27 bits per heavy atom. The summed E-state index contributed by atoms with van der Waals surface area (Å²) < 4.78 is 9.69. The molecule has 0 bridgehead atoms. The highest BCUT2D eigenvalue weighted by Crippen LogP contribution is 2.19. The van der Waals surface area contributed by atoms with Crippen LogP contribution in [-0.4, -0.2) is 32.1 Å². The van der Waals surface area contributed by atoms with Gasteiger partial charge in [-0.1, -0.05) is 50.1 Å². The number of ether oxygens (including phenoxy) is 2. The van der Waals surface area contributed by atoms with Gasteiger partial charge in [0, 0.05) is 12.1 Å². The number of benzene rings is 1. The number of carbonyl (C=O) groups is 2. The number of hydrogen-bond acceptors (Lipinski definition) is 4. The fourth-order valence-corrected chi connectivity index (χ4v) is 1.54. The predicted molar refractivity (Wildman–Crippen MR) is 88.9 cm³/mol. The number of methoxy groups -OCH3 is 1. The third-order valence-corrected chi connectivity index (χ3v) is 2.67. The summed E-state index contributed by atoms with van der Waals surface area (Å²) in [5.74, 6) is -1.05. The first-order valence-corrected chi connectivity index (χ1v) is 7.48. The van der Waals surface area contributed by atoms with Crippen LogP contribution in [0.2, 0.25) is 5.02 Å². The van der Waals surface area contributed by atoms with Gasteiger partial charge < -0.3 is 9.47 Å². The third-order valence-electron chi connectivity index (χ3n) is 2.32. The van der Waals surface area contributed by atoms with Crippen LogP contribution < -0.4 is 0 Å². The molecule has 0 aromatic heterocycles. The Bertz CT molecular complexity index is 509. The summed E-state index contributed by atoms with van der Waals surface area (Å²) in [6.07, 6.45) is 2.68. The van der Waals surface area contributed by atoms with Crippen LogP contribution in [0.25, 0.3) is 6.08 Å². The molecule has 0 N–H and O–H groups in total. The van der Waals surface area contributed by atoms with Gasteiger partial charge in [0.25, 0.3) is 0 Å². The van der Waals surface area contributed by atoms with E-state index >= 15 is 0 Å². The van der Waals surface area contributed by atoms with Crippen LogP contribution in [0.15, 0.2) is 29.8 Å². The molecule has 1 aromatic carbocycles. The lowest BCUT2D eigenvalue weighted by molar-refractivity contribution is -0.141. The largest absolute Gasteiger partial charge is 0.460 e. The summed E-state index contributed by atoms with van der Waals surface area (Å²) in [5.41, 5.74) is 0.558. The lowest BCUT2D eigenvalue weighted by atomic mass is 10.1. The molecule has 0 aliphatic carbocycles. The molecular formula is C17H23ClO4. The van der Waals surface area contributed by atoms with E-state index in [1.807, 2.05) is 0 Å². The molecule has 1 aromatic rings. The van der Waals surface area contributed by atoms with E-state index in [2.05, 4.69) is 13.8 Å². The van der Waals surface area contributed by atoms with Crippen molar-refractivity contribution in [3.8, 4) is 0 Å². The Morgan fingerprint density at radius 1 is 1.18 bits per heavy atom. The standard InChI is InChI=1S/C14H15ClO4.C3H8/c1-10(16)12(14(17)19-8-7-18-2)9-11-5-3-4-6-13(11)15;1-3-2/h3-6,9H,7-8H2,1-2H3;3H2,1-2H3/b12-9+;. The van der Waals surface area contributed by atoms with Crippen molar-refractivity contribution in [2.24, 2.45) is 0 Å². The van der Waals surface area contributed by atoms with Crippen molar-refractivity contribution in [2.45, 2.75) is 27.2 Å². The van der Waals surface area contributed by atoms with Crippen molar-refractivity contribution in [2.75, 3.05) is 20.3 Å². The number of hydrogen-bond donors (Lipinski definition) is 0. The number of ketones is 1. The van der Waals surface area contributed by atoms with E-state index in [1.54, 1.807) is 24.3 Å². The summed E-state index contributed by atoms with van der Waals surface area (Å²) in [4.78, 5) is 23.3. The second kappa shape index (κ2) is 12.0. The van der Waals surface area contributed by atoms with Gasteiger partial charge in [-0.15, -0.1) is 0 Å². The summed E-state index contributed by atoms with van der Waals surface area (Å²) in [6, 6.07) is 6.94. The van der Waals surface area contributed by atoms with Gasteiger partial charge in [0.2, 0.25) is 0 Å². The monoisotopic (exact) mass is 326 g/mol. The predicted octanol–water partition coefficient (Wildman–Crippen LogP) is 3.92. The van der Waals surface area contributed by atoms with E-state index in [0.29, 0.717) is 10.6 Å². The van der Waals surface area contributed by atoms with Gasteiger partial charge in [-0.3, -0.25) is 4.79 Å². The van der Waals surface area contributed by atoms with Crippen LogP contribution in [0, 0.1) is 0 Å².